The zero-order valence-electron chi connectivity index (χ0n) is 10.2. The quantitative estimate of drug-likeness (QED) is 0.657. The molecule has 1 rings (SSSR count). The van der Waals surface area contributed by atoms with Crippen LogP contribution in [0.3, 0.4) is 0 Å². The lowest BCUT2D eigenvalue weighted by Gasteiger charge is -2.04. The first kappa shape index (κ1) is 13.0. The monoisotopic (exact) mass is 225 g/mol. The van der Waals surface area contributed by atoms with Gasteiger partial charge in [-0.1, -0.05) is 32.6 Å². The highest BCUT2D eigenvalue weighted by molar-refractivity contribution is 5.23. The number of nitrogens with zero attached hydrogens (tertiary/aromatic N) is 2. The van der Waals surface area contributed by atoms with Crippen molar-refractivity contribution >= 4 is 5.82 Å². The molecule has 4 heteroatoms. The molecular weight excluding hydrogens is 202 g/mol. The number of unbranched alkanes of at least 4 members (excludes halogenated alkanes) is 4. The topological polar surface area (TPSA) is 53.1 Å². The Morgan fingerprint density at radius 2 is 2.06 bits per heavy atom. The summed E-state index contributed by atoms with van der Waals surface area (Å²) in [7, 11) is 0. The van der Waals surface area contributed by atoms with Crippen LogP contribution in [0.4, 0.5) is 5.82 Å². The van der Waals surface area contributed by atoms with Gasteiger partial charge in [0.2, 0.25) is 0 Å². The average Bonchev–Trinajstić information content (AvgIpc) is 2.68. The summed E-state index contributed by atoms with van der Waals surface area (Å²) in [6.45, 7) is 4.59. The Balaban J connectivity index is 1.88. The number of rotatable bonds is 9. The van der Waals surface area contributed by atoms with Crippen molar-refractivity contribution in [2.45, 2.75) is 45.6 Å². The van der Waals surface area contributed by atoms with Gasteiger partial charge in [0.1, 0.15) is 5.82 Å². The van der Waals surface area contributed by atoms with Crippen LogP contribution >= 0.6 is 0 Å². The summed E-state index contributed by atoms with van der Waals surface area (Å²) in [5.74, 6) is 0.569. The molecule has 0 unspecified atom stereocenters. The smallest absolute Gasteiger partial charge is 0.145 e. The fraction of sp³-hybridized carbons (Fsp3) is 0.750. The molecule has 0 aromatic carbocycles. The van der Waals surface area contributed by atoms with Crippen LogP contribution in [-0.2, 0) is 11.3 Å². The highest BCUT2D eigenvalue weighted by atomic mass is 16.5. The van der Waals surface area contributed by atoms with E-state index in [0.717, 1.165) is 19.8 Å². The molecule has 0 bridgehead atoms. The van der Waals surface area contributed by atoms with Crippen LogP contribution in [-0.4, -0.2) is 23.0 Å². The minimum atomic E-state index is 0.569. The van der Waals surface area contributed by atoms with Crippen molar-refractivity contribution in [3.63, 3.8) is 0 Å². The minimum absolute atomic E-state index is 0.569. The van der Waals surface area contributed by atoms with Gasteiger partial charge in [0.25, 0.3) is 0 Å². The van der Waals surface area contributed by atoms with E-state index in [4.69, 9.17) is 10.5 Å². The van der Waals surface area contributed by atoms with Crippen LogP contribution in [0.1, 0.15) is 39.0 Å². The molecule has 0 spiro atoms. The number of ether oxygens (including phenoxy) is 1. The largest absolute Gasteiger partial charge is 0.382 e. The van der Waals surface area contributed by atoms with Crippen LogP contribution in [0.5, 0.6) is 0 Å². The summed E-state index contributed by atoms with van der Waals surface area (Å²) in [4.78, 5) is 0. The Hall–Kier alpha value is -1.03. The molecule has 0 fully saturated rings. The van der Waals surface area contributed by atoms with Crippen molar-refractivity contribution in [2.24, 2.45) is 0 Å². The van der Waals surface area contributed by atoms with Gasteiger partial charge in [-0.05, 0) is 12.5 Å². The van der Waals surface area contributed by atoms with Crippen molar-refractivity contribution in [3.8, 4) is 0 Å². The molecule has 0 saturated carbocycles. The van der Waals surface area contributed by atoms with Crippen molar-refractivity contribution in [2.75, 3.05) is 18.9 Å². The maximum Gasteiger partial charge on any atom is 0.145 e. The third-order valence-electron chi connectivity index (χ3n) is 2.52. The standard InChI is InChI=1S/C12H23N3O/c1-2-3-4-5-6-10-16-11-9-15-8-7-12(13)14-15/h7-8H,2-6,9-11H2,1H3,(H2,13,14). The summed E-state index contributed by atoms with van der Waals surface area (Å²) in [5, 5.41) is 4.08. The number of aromatic nitrogens is 2. The third-order valence-corrected chi connectivity index (χ3v) is 2.52. The van der Waals surface area contributed by atoms with Crippen LogP contribution in [0, 0.1) is 0 Å². The molecule has 1 aromatic heterocycles. The molecule has 0 atom stereocenters. The third kappa shape index (κ3) is 5.75. The molecule has 0 radical (unpaired) electrons. The average molecular weight is 225 g/mol. The molecule has 2 N–H and O–H groups in total. The summed E-state index contributed by atoms with van der Waals surface area (Å²) in [5.41, 5.74) is 5.50. The van der Waals surface area contributed by atoms with Crippen LogP contribution in [0.15, 0.2) is 12.3 Å². The highest BCUT2D eigenvalue weighted by Gasteiger charge is 1.94. The summed E-state index contributed by atoms with van der Waals surface area (Å²) >= 11 is 0. The van der Waals surface area contributed by atoms with Crippen LogP contribution < -0.4 is 5.73 Å². The molecule has 16 heavy (non-hydrogen) atoms. The van der Waals surface area contributed by atoms with Gasteiger partial charge in [0.15, 0.2) is 0 Å². The number of hydrogen-bond donors (Lipinski definition) is 1. The predicted octanol–water partition coefficient (Wildman–Crippen LogP) is 2.45. The first-order valence-electron chi connectivity index (χ1n) is 6.19. The van der Waals surface area contributed by atoms with E-state index in [1.54, 1.807) is 6.07 Å². The molecule has 4 nitrogen and oxygen atoms in total. The lowest BCUT2D eigenvalue weighted by Crippen LogP contribution is -2.07. The zero-order valence-corrected chi connectivity index (χ0v) is 10.2. The Morgan fingerprint density at radius 3 is 2.75 bits per heavy atom. The number of anilines is 1. The highest BCUT2D eigenvalue weighted by Crippen LogP contribution is 2.02. The van der Waals surface area contributed by atoms with E-state index in [1.807, 2.05) is 10.9 Å². The van der Waals surface area contributed by atoms with E-state index in [0.29, 0.717) is 5.82 Å². The molecule has 1 heterocycles. The second-order valence-corrected chi connectivity index (χ2v) is 4.03. The SMILES string of the molecule is CCCCCCCOCCn1ccc(N)n1. The predicted molar refractivity (Wildman–Crippen MR) is 66.2 cm³/mol. The van der Waals surface area contributed by atoms with Gasteiger partial charge in [0, 0.05) is 12.8 Å². The van der Waals surface area contributed by atoms with Gasteiger partial charge in [-0.25, -0.2) is 0 Å². The fourth-order valence-electron chi connectivity index (χ4n) is 1.57. The number of nitrogens with two attached hydrogens (primary N) is 1. The first-order valence-corrected chi connectivity index (χ1v) is 6.19. The van der Waals surface area contributed by atoms with E-state index in [9.17, 15) is 0 Å². The molecule has 0 amide bonds. The molecule has 0 saturated heterocycles. The second-order valence-electron chi connectivity index (χ2n) is 4.03. The van der Waals surface area contributed by atoms with E-state index in [2.05, 4.69) is 12.0 Å². The van der Waals surface area contributed by atoms with E-state index in [1.165, 1.54) is 32.1 Å². The second kappa shape index (κ2) is 8.16. The maximum absolute atomic E-state index is 5.53. The Bertz CT molecular complexity index is 273. The molecule has 0 aliphatic rings. The summed E-state index contributed by atoms with van der Waals surface area (Å²) in [6.07, 6.45) is 8.29. The fourth-order valence-corrected chi connectivity index (χ4v) is 1.57. The lowest BCUT2D eigenvalue weighted by molar-refractivity contribution is 0.120. The van der Waals surface area contributed by atoms with Gasteiger partial charge in [-0.2, -0.15) is 5.10 Å². The van der Waals surface area contributed by atoms with Gasteiger partial charge in [-0.3, -0.25) is 4.68 Å². The van der Waals surface area contributed by atoms with E-state index < -0.39 is 0 Å². The van der Waals surface area contributed by atoms with Crippen molar-refractivity contribution in [3.05, 3.63) is 12.3 Å². The summed E-state index contributed by atoms with van der Waals surface area (Å²) < 4.78 is 7.34. The number of nitrogen functional groups attached to an aromatic ring is 1. The van der Waals surface area contributed by atoms with E-state index in [-0.39, 0.29) is 0 Å². The molecule has 1 aromatic rings. The molecule has 0 aliphatic heterocycles. The minimum Gasteiger partial charge on any atom is -0.382 e. The maximum atomic E-state index is 5.53. The van der Waals surface area contributed by atoms with Gasteiger partial charge >= 0.3 is 0 Å². The van der Waals surface area contributed by atoms with Gasteiger partial charge < -0.3 is 10.5 Å². The van der Waals surface area contributed by atoms with E-state index >= 15 is 0 Å². The normalized spacial score (nSPS) is 10.8. The molecule has 0 aliphatic carbocycles. The van der Waals surface area contributed by atoms with Crippen molar-refractivity contribution in [1.29, 1.82) is 0 Å². The van der Waals surface area contributed by atoms with Gasteiger partial charge in [-0.15, -0.1) is 0 Å². The zero-order chi connectivity index (χ0) is 11.6. The lowest BCUT2D eigenvalue weighted by atomic mass is 10.2. The Morgan fingerprint density at radius 1 is 1.25 bits per heavy atom. The van der Waals surface area contributed by atoms with Gasteiger partial charge in [0.05, 0.1) is 13.2 Å². The first-order chi connectivity index (χ1) is 7.83. The number of hydrogen-bond acceptors (Lipinski definition) is 3. The Labute approximate surface area is 97.8 Å². The molecular formula is C12H23N3O. The van der Waals surface area contributed by atoms with Crippen molar-refractivity contribution in [1.82, 2.24) is 9.78 Å². The van der Waals surface area contributed by atoms with Crippen molar-refractivity contribution < 1.29 is 4.74 Å². The van der Waals surface area contributed by atoms with Crippen LogP contribution in [0.25, 0.3) is 0 Å². The Kier molecular flexibility index (Phi) is 6.65. The van der Waals surface area contributed by atoms with Crippen LogP contribution in [0.2, 0.25) is 0 Å². The summed E-state index contributed by atoms with van der Waals surface area (Å²) in [6, 6.07) is 1.80. The molecule has 92 valence electrons.